The molecule has 6 atom stereocenters. The van der Waals surface area contributed by atoms with Gasteiger partial charge in [-0.1, -0.05) is 25.5 Å². The van der Waals surface area contributed by atoms with E-state index in [1.807, 2.05) is 24.6 Å². The lowest BCUT2D eigenvalue weighted by Gasteiger charge is -2.56. The highest BCUT2D eigenvalue weighted by Crippen LogP contribution is 2.66. The molecule has 10 nitrogen and oxygen atoms in total. The van der Waals surface area contributed by atoms with Gasteiger partial charge in [0.1, 0.15) is 18.0 Å². The molecule has 5 rings (SSSR count). The number of sulfonamides is 1. The van der Waals surface area contributed by atoms with Crippen LogP contribution >= 0.6 is 0 Å². The van der Waals surface area contributed by atoms with Crippen molar-refractivity contribution in [3.63, 3.8) is 0 Å². The minimum absolute atomic E-state index is 0.0156. The third kappa shape index (κ3) is 4.84. The molecule has 0 spiro atoms. The molecule has 0 bridgehead atoms. The van der Waals surface area contributed by atoms with Crippen molar-refractivity contribution in [2.75, 3.05) is 12.3 Å². The van der Waals surface area contributed by atoms with E-state index in [0.717, 1.165) is 25.3 Å². The van der Waals surface area contributed by atoms with Gasteiger partial charge in [0.2, 0.25) is 5.91 Å². The van der Waals surface area contributed by atoms with Gasteiger partial charge < -0.3 is 15.9 Å². The normalized spacial score (nSPS) is 34.4. The second-order valence-electron chi connectivity index (χ2n) is 11.7. The molecule has 1 amide bonds. The summed E-state index contributed by atoms with van der Waals surface area (Å²) in [4.78, 5) is 48.0. The second kappa shape index (κ2) is 10.4. The van der Waals surface area contributed by atoms with Crippen LogP contribution in [-0.4, -0.2) is 54.1 Å². The Morgan fingerprint density at radius 1 is 1.12 bits per heavy atom. The number of benzene rings is 1. The fraction of sp³-hybridized carbons (Fsp3) is 0.517. The summed E-state index contributed by atoms with van der Waals surface area (Å²) in [5, 5.41) is 20.5. The number of carbonyl (C=O) groups is 4. The molecule has 0 aliphatic heterocycles. The number of allylic oxidation sites excluding steroid dienone is 4. The molecule has 11 heteroatoms. The number of fused-ring (bicyclic) bond motifs is 5. The van der Waals surface area contributed by atoms with Gasteiger partial charge in [0.25, 0.3) is 10.0 Å². The van der Waals surface area contributed by atoms with Crippen molar-refractivity contribution < 1.29 is 37.8 Å². The van der Waals surface area contributed by atoms with E-state index in [1.54, 1.807) is 12.2 Å². The Balaban J connectivity index is 0.000000224. The summed E-state index contributed by atoms with van der Waals surface area (Å²) in [6.45, 7) is 4.32. The van der Waals surface area contributed by atoms with E-state index < -0.39 is 44.8 Å². The van der Waals surface area contributed by atoms with E-state index in [-0.39, 0.29) is 40.6 Å². The molecule has 3 fully saturated rings. The molecule has 40 heavy (non-hydrogen) atoms. The van der Waals surface area contributed by atoms with E-state index in [9.17, 15) is 37.8 Å². The molecule has 5 N–H and O–H groups in total. The first kappa shape index (κ1) is 29.8. The Bertz CT molecular complexity index is 1420. The minimum Gasteiger partial charge on any atom is -0.399 e. The van der Waals surface area contributed by atoms with Crippen LogP contribution in [0, 0.1) is 28.6 Å². The highest BCUT2D eigenvalue weighted by atomic mass is 32.2. The molecule has 0 heterocycles. The van der Waals surface area contributed by atoms with Crippen molar-refractivity contribution in [1.29, 1.82) is 0 Å². The predicted molar refractivity (Wildman–Crippen MR) is 146 cm³/mol. The van der Waals surface area contributed by atoms with Crippen molar-refractivity contribution in [1.82, 2.24) is 4.72 Å². The number of nitrogen functional groups attached to an aromatic ring is 1. The lowest BCUT2D eigenvalue weighted by molar-refractivity contribution is -0.168. The van der Waals surface area contributed by atoms with Gasteiger partial charge in [0.05, 0.1) is 4.90 Å². The van der Waals surface area contributed by atoms with E-state index >= 15 is 0 Å². The summed E-state index contributed by atoms with van der Waals surface area (Å²) in [5.41, 5.74) is 3.99. The third-order valence-electron chi connectivity index (χ3n) is 9.48. The third-order valence-corrected chi connectivity index (χ3v) is 10.9. The van der Waals surface area contributed by atoms with Crippen LogP contribution in [0.4, 0.5) is 5.69 Å². The predicted octanol–water partition coefficient (Wildman–Crippen LogP) is 1.86. The van der Waals surface area contributed by atoms with Crippen LogP contribution in [0.5, 0.6) is 0 Å². The van der Waals surface area contributed by atoms with Crippen molar-refractivity contribution in [3.8, 4) is 0 Å². The number of Topliss-reactive ketones (excluding diaryl/α,β-unsaturated/α-hetero) is 2. The number of aliphatic hydroxyl groups is 2. The maximum atomic E-state index is 13.3. The standard InChI is InChI=1S/C21H26O5.C8H10N2O3S/c1-19-7-5-13(23)9-12(19)3-4-14-15-6-8-21(26,17(25)11-22)20(15,2)10-16(24)18(14)19;1-6(11)10-14(12,13)8-4-2-7(9)3-5-8/h5,7,9,14-15,18,22,26H,3-4,6,8,10-11H2,1-2H3;2-5H,9H2,1H3,(H,10,11)/t14-,15-,18+,19-,20-,21-;/m0./s1. The Labute approximate surface area is 233 Å². The Morgan fingerprint density at radius 3 is 2.38 bits per heavy atom. The topological polar surface area (TPSA) is 181 Å². The largest absolute Gasteiger partial charge is 0.399 e. The summed E-state index contributed by atoms with van der Waals surface area (Å²) < 4.78 is 24.6. The van der Waals surface area contributed by atoms with Gasteiger partial charge in [-0.15, -0.1) is 0 Å². The zero-order valence-corrected chi connectivity index (χ0v) is 23.7. The molecule has 1 aromatic carbocycles. The number of rotatable bonds is 4. The number of hydrogen-bond donors (Lipinski definition) is 4. The van der Waals surface area contributed by atoms with E-state index in [2.05, 4.69) is 0 Å². The molecule has 0 unspecified atom stereocenters. The Hall–Kier alpha value is -3.15. The molecule has 4 aliphatic carbocycles. The molecule has 0 saturated heterocycles. The lowest BCUT2D eigenvalue weighted by atomic mass is 9.46. The number of nitrogens with two attached hydrogens (primary N) is 1. The number of hydrogen-bond acceptors (Lipinski definition) is 9. The van der Waals surface area contributed by atoms with Crippen LogP contribution in [0.15, 0.2) is 53.0 Å². The fourth-order valence-electron chi connectivity index (χ4n) is 7.52. The monoisotopic (exact) mass is 572 g/mol. The van der Waals surface area contributed by atoms with Crippen molar-refractivity contribution in [2.45, 2.75) is 63.4 Å². The van der Waals surface area contributed by atoms with Crippen LogP contribution in [0.1, 0.15) is 52.9 Å². The summed E-state index contributed by atoms with van der Waals surface area (Å²) in [5.74, 6) is -1.21. The van der Waals surface area contributed by atoms with E-state index in [4.69, 9.17) is 5.73 Å². The number of nitrogens with one attached hydrogen (secondary N) is 1. The highest BCUT2D eigenvalue weighted by Gasteiger charge is 2.68. The van der Waals surface area contributed by atoms with Crippen LogP contribution in [-0.2, 0) is 29.2 Å². The molecular weight excluding hydrogens is 536 g/mol. The van der Waals surface area contributed by atoms with Crippen molar-refractivity contribution in [2.24, 2.45) is 28.6 Å². The average Bonchev–Trinajstić information content (AvgIpc) is 3.14. The van der Waals surface area contributed by atoms with Crippen LogP contribution in [0.2, 0.25) is 0 Å². The van der Waals surface area contributed by atoms with Crippen molar-refractivity contribution >= 4 is 39.0 Å². The SMILES string of the molecule is CC(=O)NS(=O)(=O)c1ccc(N)cc1.C[C@]12C=CC(=O)C=C1CC[C@@H]1[C@@H]2C(=O)C[C@@]2(C)[C@H]1CC[C@]2(O)C(=O)CO. The number of ketones is 3. The van der Waals surface area contributed by atoms with Gasteiger partial charge in [-0.3, -0.25) is 19.2 Å². The molecule has 3 saturated carbocycles. The number of carbonyl (C=O) groups excluding carboxylic acids is 4. The summed E-state index contributed by atoms with van der Waals surface area (Å²) in [7, 11) is -3.73. The van der Waals surface area contributed by atoms with E-state index in [0.29, 0.717) is 18.5 Å². The molecule has 0 radical (unpaired) electrons. The lowest BCUT2D eigenvalue weighted by Crippen LogP contribution is -2.60. The first-order valence-corrected chi connectivity index (χ1v) is 14.8. The quantitative estimate of drug-likeness (QED) is 0.392. The zero-order chi connectivity index (χ0) is 29.7. The molecular formula is C29H36N2O8S. The van der Waals surface area contributed by atoms with E-state index in [1.165, 1.54) is 24.3 Å². The van der Waals surface area contributed by atoms with Gasteiger partial charge in [0.15, 0.2) is 11.6 Å². The molecule has 4 aliphatic rings. The smallest absolute Gasteiger partial charge is 0.264 e. The maximum Gasteiger partial charge on any atom is 0.264 e. The van der Waals surface area contributed by atoms with Crippen molar-refractivity contribution in [3.05, 3.63) is 48.1 Å². The number of aliphatic hydroxyl groups excluding tert-OH is 1. The zero-order valence-electron chi connectivity index (χ0n) is 22.8. The Kier molecular flexibility index (Phi) is 7.72. The minimum atomic E-state index is -3.73. The first-order valence-electron chi connectivity index (χ1n) is 13.3. The maximum absolute atomic E-state index is 13.3. The van der Waals surface area contributed by atoms with Crippen LogP contribution in [0.3, 0.4) is 0 Å². The Morgan fingerprint density at radius 2 is 1.77 bits per heavy atom. The van der Waals surface area contributed by atoms with Gasteiger partial charge in [0, 0.05) is 35.8 Å². The van der Waals surface area contributed by atoms with Crippen LogP contribution < -0.4 is 10.5 Å². The van der Waals surface area contributed by atoms with Gasteiger partial charge >= 0.3 is 0 Å². The number of amides is 1. The highest BCUT2D eigenvalue weighted by molar-refractivity contribution is 7.90. The molecule has 1 aromatic rings. The summed E-state index contributed by atoms with van der Waals surface area (Å²) in [6.07, 6.45) is 7.82. The summed E-state index contributed by atoms with van der Waals surface area (Å²) in [6, 6.07) is 5.57. The van der Waals surface area contributed by atoms with Gasteiger partial charge in [-0.05, 0) is 73.9 Å². The number of anilines is 1. The first-order chi connectivity index (χ1) is 18.6. The molecule has 0 aromatic heterocycles. The summed E-state index contributed by atoms with van der Waals surface area (Å²) >= 11 is 0. The average molecular weight is 573 g/mol. The second-order valence-corrected chi connectivity index (χ2v) is 13.4. The fourth-order valence-corrected chi connectivity index (χ4v) is 8.51. The van der Waals surface area contributed by atoms with Gasteiger partial charge in [-0.25, -0.2) is 13.1 Å². The van der Waals surface area contributed by atoms with Gasteiger partial charge in [-0.2, -0.15) is 0 Å². The molecule has 216 valence electrons. The van der Waals surface area contributed by atoms with Crippen LogP contribution in [0.25, 0.3) is 0 Å².